The van der Waals surface area contributed by atoms with E-state index in [0.29, 0.717) is 21.1 Å². The second-order valence-corrected chi connectivity index (χ2v) is 6.85. The van der Waals surface area contributed by atoms with E-state index < -0.39 is 11.2 Å². The predicted molar refractivity (Wildman–Crippen MR) is 88.8 cm³/mol. The SMILES string of the molecule is CC(C)N/C(=C1\C(=O)c2ccccc2[S+]1[O-])c1ccccc1. The first-order valence-corrected chi connectivity index (χ1v) is 8.36. The average Bonchev–Trinajstić information content (AvgIpc) is 2.78. The molecule has 0 saturated heterocycles. The van der Waals surface area contributed by atoms with Gasteiger partial charge in [0.25, 0.3) is 0 Å². The van der Waals surface area contributed by atoms with Crippen molar-refractivity contribution in [2.24, 2.45) is 0 Å². The van der Waals surface area contributed by atoms with Crippen molar-refractivity contribution >= 4 is 22.7 Å². The van der Waals surface area contributed by atoms with Crippen molar-refractivity contribution in [3.05, 3.63) is 70.6 Å². The molecule has 1 unspecified atom stereocenters. The van der Waals surface area contributed by atoms with E-state index in [2.05, 4.69) is 5.32 Å². The van der Waals surface area contributed by atoms with Gasteiger partial charge in [-0.05, 0) is 26.0 Å². The van der Waals surface area contributed by atoms with Crippen LogP contribution in [0.15, 0.2) is 64.4 Å². The minimum Gasteiger partial charge on any atom is -0.606 e. The van der Waals surface area contributed by atoms with Crippen LogP contribution in [-0.2, 0) is 11.2 Å². The first-order chi connectivity index (χ1) is 10.6. The molecular formula is C18H17NO2S. The summed E-state index contributed by atoms with van der Waals surface area (Å²) in [4.78, 5) is 13.7. The Morgan fingerprint density at radius 3 is 2.32 bits per heavy atom. The number of Topliss-reactive ketones (excluding diaryl/α,β-unsaturated/α-hetero) is 1. The van der Waals surface area contributed by atoms with Crippen LogP contribution in [0.1, 0.15) is 29.8 Å². The van der Waals surface area contributed by atoms with Gasteiger partial charge in [-0.15, -0.1) is 0 Å². The fraction of sp³-hybridized carbons (Fsp3) is 0.167. The van der Waals surface area contributed by atoms with Crippen LogP contribution in [0.4, 0.5) is 0 Å². The van der Waals surface area contributed by atoms with Crippen molar-refractivity contribution < 1.29 is 9.35 Å². The van der Waals surface area contributed by atoms with Crippen molar-refractivity contribution in [2.45, 2.75) is 24.8 Å². The summed E-state index contributed by atoms with van der Waals surface area (Å²) >= 11 is -1.45. The number of nitrogens with one attached hydrogen (secondary N) is 1. The third kappa shape index (κ3) is 2.56. The molecule has 112 valence electrons. The summed E-state index contributed by atoms with van der Waals surface area (Å²) in [6.45, 7) is 4.00. The number of allylic oxidation sites excluding steroid dienone is 1. The molecule has 0 radical (unpaired) electrons. The largest absolute Gasteiger partial charge is 0.606 e. The van der Waals surface area contributed by atoms with Gasteiger partial charge in [0.2, 0.25) is 10.7 Å². The van der Waals surface area contributed by atoms with E-state index in [-0.39, 0.29) is 11.8 Å². The van der Waals surface area contributed by atoms with E-state index in [0.717, 1.165) is 5.56 Å². The van der Waals surface area contributed by atoms with Crippen LogP contribution >= 0.6 is 0 Å². The van der Waals surface area contributed by atoms with Crippen LogP contribution in [-0.4, -0.2) is 16.4 Å². The molecule has 1 aliphatic rings. The van der Waals surface area contributed by atoms with Crippen LogP contribution in [0.2, 0.25) is 0 Å². The van der Waals surface area contributed by atoms with Crippen LogP contribution in [0.3, 0.4) is 0 Å². The summed E-state index contributed by atoms with van der Waals surface area (Å²) in [6.07, 6.45) is 0. The first kappa shape index (κ1) is 14.9. The van der Waals surface area contributed by atoms with Gasteiger partial charge in [-0.2, -0.15) is 0 Å². The van der Waals surface area contributed by atoms with Crippen LogP contribution in [0.25, 0.3) is 5.70 Å². The normalized spacial score (nSPS) is 19.3. The van der Waals surface area contributed by atoms with Gasteiger partial charge in [0, 0.05) is 22.8 Å². The summed E-state index contributed by atoms with van der Waals surface area (Å²) in [7, 11) is 0. The van der Waals surface area contributed by atoms with Crippen molar-refractivity contribution in [3.63, 3.8) is 0 Å². The monoisotopic (exact) mass is 311 g/mol. The Hall–Kier alpha value is -2.04. The molecule has 0 amide bonds. The number of hydrogen-bond acceptors (Lipinski definition) is 3. The van der Waals surface area contributed by atoms with E-state index in [4.69, 9.17) is 0 Å². The lowest BCUT2D eigenvalue weighted by Gasteiger charge is -2.16. The van der Waals surface area contributed by atoms with Crippen LogP contribution < -0.4 is 5.32 Å². The number of carbonyl (C=O) groups excluding carboxylic acids is 1. The minimum atomic E-state index is -1.45. The Morgan fingerprint density at radius 1 is 1.05 bits per heavy atom. The van der Waals surface area contributed by atoms with Crippen molar-refractivity contribution in [3.8, 4) is 0 Å². The maximum atomic E-state index is 12.8. The highest BCUT2D eigenvalue weighted by atomic mass is 32.2. The second kappa shape index (κ2) is 5.99. The number of ketones is 1. The summed E-state index contributed by atoms with van der Waals surface area (Å²) in [5.74, 6) is -0.152. The van der Waals surface area contributed by atoms with Gasteiger partial charge in [0.1, 0.15) is 5.70 Å². The Labute approximate surface area is 133 Å². The topological polar surface area (TPSA) is 52.2 Å². The van der Waals surface area contributed by atoms with Crippen molar-refractivity contribution in [1.82, 2.24) is 5.32 Å². The smallest absolute Gasteiger partial charge is 0.248 e. The number of carbonyl (C=O) groups is 1. The van der Waals surface area contributed by atoms with Crippen molar-refractivity contribution in [1.29, 1.82) is 0 Å². The molecule has 2 aromatic carbocycles. The molecule has 22 heavy (non-hydrogen) atoms. The Morgan fingerprint density at radius 2 is 1.68 bits per heavy atom. The molecule has 0 bridgehead atoms. The van der Waals surface area contributed by atoms with Gasteiger partial charge in [-0.3, -0.25) is 4.79 Å². The molecule has 2 aromatic rings. The quantitative estimate of drug-likeness (QED) is 0.698. The predicted octanol–water partition coefficient (Wildman–Crippen LogP) is 3.36. The molecule has 4 heteroatoms. The van der Waals surface area contributed by atoms with Gasteiger partial charge in [-0.1, -0.05) is 42.5 Å². The fourth-order valence-electron chi connectivity index (χ4n) is 2.51. The highest BCUT2D eigenvalue weighted by Gasteiger charge is 2.41. The number of benzene rings is 2. The molecule has 0 spiro atoms. The molecule has 3 rings (SSSR count). The summed E-state index contributed by atoms with van der Waals surface area (Å²) in [6, 6.07) is 16.8. The maximum Gasteiger partial charge on any atom is 0.248 e. The van der Waals surface area contributed by atoms with Gasteiger partial charge >= 0.3 is 0 Å². The molecule has 1 heterocycles. The van der Waals surface area contributed by atoms with Gasteiger partial charge in [0.05, 0.1) is 5.56 Å². The highest BCUT2D eigenvalue weighted by molar-refractivity contribution is 7.97. The van der Waals surface area contributed by atoms with Gasteiger partial charge < -0.3 is 9.87 Å². The zero-order chi connectivity index (χ0) is 15.7. The highest BCUT2D eigenvalue weighted by Crippen LogP contribution is 2.37. The lowest BCUT2D eigenvalue weighted by atomic mass is 10.1. The van der Waals surface area contributed by atoms with Crippen LogP contribution in [0, 0.1) is 0 Å². The average molecular weight is 311 g/mol. The molecule has 0 aliphatic carbocycles. The molecule has 1 N–H and O–H groups in total. The molecule has 1 aliphatic heterocycles. The maximum absolute atomic E-state index is 12.8. The van der Waals surface area contributed by atoms with E-state index in [9.17, 15) is 9.35 Å². The third-order valence-corrected chi connectivity index (χ3v) is 4.96. The minimum absolute atomic E-state index is 0.135. The van der Waals surface area contributed by atoms with E-state index in [1.165, 1.54) is 0 Å². The summed E-state index contributed by atoms with van der Waals surface area (Å²) < 4.78 is 12.8. The third-order valence-electron chi connectivity index (χ3n) is 3.45. The zero-order valence-electron chi connectivity index (χ0n) is 12.5. The Kier molecular flexibility index (Phi) is 4.05. The van der Waals surface area contributed by atoms with Crippen molar-refractivity contribution in [2.75, 3.05) is 0 Å². The summed E-state index contributed by atoms with van der Waals surface area (Å²) in [5, 5.41) is 3.30. The number of rotatable bonds is 3. The fourth-order valence-corrected chi connectivity index (χ4v) is 3.94. The number of hydrogen-bond donors (Lipinski definition) is 1. The summed E-state index contributed by atoms with van der Waals surface area (Å²) in [5.41, 5.74) is 2.07. The molecule has 0 aromatic heterocycles. The second-order valence-electron chi connectivity index (χ2n) is 5.46. The zero-order valence-corrected chi connectivity index (χ0v) is 13.3. The van der Waals surface area contributed by atoms with E-state index in [1.54, 1.807) is 18.2 Å². The Bertz CT molecular complexity index is 738. The molecule has 1 atom stereocenters. The lowest BCUT2D eigenvalue weighted by Crippen LogP contribution is -2.24. The number of fused-ring (bicyclic) bond motifs is 1. The van der Waals surface area contributed by atoms with Crippen LogP contribution in [0.5, 0.6) is 0 Å². The molecule has 3 nitrogen and oxygen atoms in total. The van der Waals surface area contributed by atoms with Gasteiger partial charge in [-0.25, -0.2) is 0 Å². The molecule has 0 fully saturated rings. The Balaban J connectivity index is 2.18. The van der Waals surface area contributed by atoms with Gasteiger partial charge in [0.15, 0.2) is 4.90 Å². The lowest BCUT2D eigenvalue weighted by molar-refractivity contribution is 0.104. The molecule has 0 saturated carbocycles. The van der Waals surface area contributed by atoms with E-state index >= 15 is 0 Å². The van der Waals surface area contributed by atoms with E-state index in [1.807, 2.05) is 50.2 Å². The molecular weight excluding hydrogens is 294 g/mol. The first-order valence-electron chi connectivity index (χ1n) is 7.21. The standard InChI is InChI=1S/C18H17NO2S/c1-12(2)19-16(13-8-4-3-5-9-13)18-17(20)14-10-6-7-11-15(14)22(18)21/h3-12,19H,1-2H3/b18-16+.